The van der Waals surface area contributed by atoms with Crippen LogP contribution in [0.2, 0.25) is 18.1 Å². The van der Waals surface area contributed by atoms with Crippen molar-refractivity contribution in [1.82, 2.24) is 0 Å². The number of carbonyl (C=O) groups is 1. The first kappa shape index (κ1) is 23.9. The number of rotatable bonds is 6. The van der Waals surface area contributed by atoms with E-state index >= 15 is 0 Å². The topological polar surface area (TPSA) is 39.4 Å². The minimum absolute atomic E-state index is 0.177. The number of esters is 1. The van der Waals surface area contributed by atoms with Gasteiger partial charge >= 0.3 is 5.97 Å². The van der Waals surface area contributed by atoms with Crippen molar-refractivity contribution in [2.45, 2.75) is 71.2 Å². The number of furan rings is 1. The molecule has 3 rings (SSSR count). The number of hydrogen-bond donors (Lipinski definition) is 0. The van der Waals surface area contributed by atoms with Crippen LogP contribution < -0.4 is 5.38 Å². The van der Waals surface area contributed by atoms with Crippen LogP contribution in [0, 0.1) is 11.8 Å². The SMILES string of the molecule is CC(=O)OC(CCCC#Cc1cccc2ccccc12)c1coc([Si](C)(C)C(C)(C)C)c1. The Labute approximate surface area is 193 Å². The van der Waals surface area contributed by atoms with Crippen molar-refractivity contribution in [3.05, 3.63) is 65.9 Å². The summed E-state index contributed by atoms with van der Waals surface area (Å²) in [7, 11) is -1.78. The zero-order valence-electron chi connectivity index (χ0n) is 20.1. The van der Waals surface area contributed by atoms with Gasteiger partial charge in [0.1, 0.15) is 14.2 Å². The molecule has 0 aliphatic carbocycles. The van der Waals surface area contributed by atoms with Crippen LogP contribution in [0.1, 0.15) is 64.2 Å². The Morgan fingerprint density at radius 2 is 1.84 bits per heavy atom. The van der Waals surface area contributed by atoms with Crippen LogP contribution in [0.4, 0.5) is 0 Å². The highest BCUT2D eigenvalue weighted by atomic mass is 28.3. The van der Waals surface area contributed by atoms with E-state index in [1.54, 1.807) is 6.26 Å². The van der Waals surface area contributed by atoms with Gasteiger partial charge in [-0.05, 0) is 40.8 Å². The molecule has 1 unspecified atom stereocenters. The second-order valence-electron chi connectivity index (χ2n) is 9.94. The van der Waals surface area contributed by atoms with Crippen molar-refractivity contribution >= 4 is 30.2 Å². The monoisotopic (exact) mass is 446 g/mol. The zero-order valence-corrected chi connectivity index (χ0v) is 21.1. The lowest BCUT2D eigenvalue weighted by Gasteiger charge is -2.34. The number of fused-ring (bicyclic) bond motifs is 1. The minimum atomic E-state index is -1.78. The molecule has 1 aromatic heterocycles. The second kappa shape index (κ2) is 9.79. The van der Waals surface area contributed by atoms with Gasteiger partial charge in [0.05, 0.1) is 11.6 Å². The fraction of sp³-hybridized carbons (Fsp3) is 0.393. The van der Waals surface area contributed by atoms with Crippen LogP contribution in [0.3, 0.4) is 0 Å². The molecule has 168 valence electrons. The first-order valence-corrected chi connectivity index (χ1v) is 14.3. The number of carbonyl (C=O) groups excluding carboxylic acids is 1. The van der Waals surface area contributed by atoms with E-state index < -0.39 is 8.07 Å². The normalized spacial score (nSPS) is 12.8. The third-order valence-corrected chi connectivity index (χ3v) is 11.8. The molecule has 3 aromatic rings. The molecule has 0 aliphatic rings. The summed E-state index contributed by atoms with van der Waals surface area (Å²) in [5, 5.41) is 3.60. The molecule has 0 bridgehead atoms. The zero-order chi connectivity index (χ0) is 23.4. The highest BCUT2D eigenvalue weighted by molar-refractivity contribution is 6.91. The predicted octanol–water partition coefficient (Wildman–Crippen LogP) is 6.97. The summed E-state index contributed by atoms with van der Waals surface area (Å²) in [5.41, 5.74) is 2.00. The Morgan fingerprint density at radius 1 is 1.12 bits per heavy atom. The molecule has 1 heterocycles. The van der Waals surface area contributed by atoms with Gasteiger partial charge < -0.3 is 9.15 Å². The van der Waals surface area contributed by atoms with Crippen molar-refractivity contribution in [3.63, 3.8) is 0 Å². The third-order valence-electron chi connectivity index (χ3n) is 6.57. The summed E-state index contributed by atoms with van der Waals surface area (Å²) in [5.74, 6) is 6.34. The van der Waals surface area contributed by atoms with Crippen LogP contribution >= 0.6 is 0 Å². The van der Waals surface area contributed by atoms with Gasteiger partial charge in [0.2, 0.25) is 0 Å². The van der Waals surface area contributed by atoms with Gasteiger partial charge in [-0.25, -0.2) is 0 Å². The fourth-order valence-corrected chi connectivity index (χ4v) is 5.20. The van der Waals surface area contributed by atoms with Crippen LogP contribution in [-0.2, 0) is 9.53 Å². The van der Waals surface area contributed by atoms with Crippen molar-refractivity contribution in [3.8, 4) is 11.8 Å². The van der Waals surface area contributed by atoms with E-state index in [4.69, 9.17) is 9.15 Å². The fourth-order valence-electron chi connectivity index (χ4n) is 3.58. The number of ether oxygens (including phenoxy) is 1. The van der Waals surface area contributed by atoms with E-state index in [9.17, 15) is 4.79 Å². The van der Waals surface area contributed by atoms with E-state index in [-0.39, 0.29) is 17.1 Å². The average molecular weight is 447 g/mol. The predicted molar refractivity (Wildman–Crippen MR) is 135 cm³/mol. The van der Waals surface area contributed by atoms with Gasteiger partial charge in [-0.15, -0.1) is 0 Å². The third kappa shape index (κ3) is 5.52. The van der Waals surface area contributed by atoms with Crippen molar-refractivity contribution in [1.29, 1.82) is 0 Å². The average Bonchev–Trinajstić information content (AvgIpc) is 3.22. The number of unbranched alkanes of at least 4 members (excludes halogenated alkanes) is 1. The molecular formula is C28H34O3Si. The maximum atomic E-state index is 11.7. The lowest BCUT2D eigenvalue weighted by atomic mass is 10.0. The Balaban J connectivity index is 1.68. The van der Waals surface area contributed by atoms with Crippen molar-refractivity contribution in [2.24, 2.45) is 0 Å². The molecule has 3 nitrogen and oxygen atoms in total. The molecule has 4 heteroatoms. The van der Waals surface area contributed by atoms with Crippen LogP contribution in [-0.4, -0.2) is 14.0 Å². The summed E-state index contributed by atoms with van der Waals surface area (Å²) >= 11 is 0. The Morgan fingerprint density at radius 3 is 2.56 bits per heavy atom. The summed E-state index contributed by atoms with van der Waals surface area (Å²) in [6, 6.07) is 16.6. The highest BCUT2D eigenvalue weighted by Crippen LogP contribution is 2.36. The lowest BCUT2D eigenvalue weighted by molar-refractivity contribution is -0.147. The molecular weight excluding hydrogens is 412 g/mol. The van der Waals surface area contributed by atoms with Crippen LogP contribution in [0.5, 0.6) is 0 Å². The second-order valence-corrected chi connectivity index (χ2v) is 15.2. The summed E-state index contributed by atoms with van der Waals surface area (Å²) in [6.07, 6.45) is 3.78. The maximum Gasteiger partial charge on any atom is 0.303 e. The van der Waals surface area contributed by atoms with E-state index in [1.165, 1.54) is 17.7 Å². The van der Waals surface area contributed by atoms with Crippen molar-refractivity contribution < 1.29 is 13.9 Å². The van der Waals surface area contributed by atoms with Crippen LogP contribution in [0.25, 0.3) is 10.8 Å². The smallest absolute Gasteiger partial charge is 0.303 e. The van der Waals surface area contributed by atoms with Gasteiger partial charge in [-0.3, -0.25) is 4.79 Å². The largest absolute Gasteiger partial charge is 0.474 e. The van der Waals surface area contributed by atoms with E-state index in [0.717, 1.165) is 35.8 Å². The summed E-state index contributed by atoms with van der Waals surface area (Å²) in [4.78, 5) is 11.7. The molecule has 0 aliphatic heterocycles. The molecule has 32 heavy (non-hydrogen) atoms. The highest BCUT2D eigenvalue weighted by Gasteiger charge is 2.40. The van der Waals surface area contributed by atoms with E-state index in [0.29, 0.717) is 0 Å². The molecule has 0 saturated carbocycles. The standard InChI is InChI=1S/C28H34O3Si/c1-21(29)31-26(24-19-27(30-20-24)32(5,6)28(2,3)4)18-9-7-8-13-22-15-12-16-23-14-10-11-17-25(22)23/h10-12,14-17,19-20,26H,7,9,18H2,1-6H3. The molecule has 0 saturated heterocycles. The molecule has 1 atom stereocenters. The van der Waals surface area contributed by atoms with Crippen molar-refractivity contribution in [2.75, 3.05) is 0 Å². The molecule has 0 fully saturated rings. The first-order valence-electron chi connectivity index (χ1n) is 11.3. The van der Waals surface area contributed by atoms with Crippen LogP contribution in [0.15, 0.2) is 59.2 Å². The molecule has 0 spiro atoms. The minimum Gasteiger partial charge on any atom is -0.474 e. The Bertz CT molecular complexity index is 1130. The Hall–Kier alpha value is -2.77. The molecule has 0 N–H and O–H groups in total. The van der Waals surface area contributed by atoms with Gasteiger partial charge in [0.25, 0.3) is 0 Å². The molecule has 0 radical (unpaired) electrons. The summed E-state index contributed by atoms with van der Waals surface area (Å²) in [6.45, 7) is 12.9. The van der Waals surface area contributed by atoms with Gasteiger partial charge in [-0.1, -0.05) is 82.1 Å². The molecule has 0 amide bonds. The van der Waals surface area contributed by atoms with E-state index in [1.807, 2.05) is 18.2 Å². The first-order chi connectivity index (χ1) is 15.1. The number of benzene rings is 2. The van der Waals surface area contributed by atoms with Gasteiger partial charge in [-0.2, -0.15) is 0 Å². The molecule has 2 aromatic carbocycles. The number of hydrogen-bond acceptors (Lipinski definition) is 3. The maximum absolute atomic E-state index is 11.7. The van der Waals surface area contributed by atoms with E-state index in [2.05, 4.69) is 76.0 Å². The van der Waals surface area contributed by atoms with Gasteiger partial charge in [0.15, 0.2) is 0 Å². The Kier molecular flexibility index (Phi) is 7.31. The lowest BCUT2D eigenvalue weighted by Crippen LogP contribution is -2.48. The quantitative estimate of drug-likeness (QED) is 0.178. The summed E-state index contributed by atoms with van der Waals surface area (Å²) < 4.78 is 11.6. The van der Waals surface area contributed by atoms with Gasteiger partial charge in [0, 0.05) is 24.5 Å².